The number of para-hydroxylation sites is 1. The van der Waals surface area contributed by atoms with Gasteiger partial charge in [-0.2, -0.15) is 5.10 Å². The van der Waals surface area contributed by atoms with E-state index in [-0.39, 0.29) is 18.1 Å². The molecule has 1 saturated heterocycles. The van der Waals surface area contributed by atoms with Crippen LogP contribution in [0.3, 0.4) is 0 Å². The van der Waals surface area contributed by atoms with Crippen molar-refractivity contribution in [1.29, 1.82) is 0 Å². The van der Waals surface area contributed by atoms with Gasteiger partial charge in [0, 0.05) is 30.2 Å². The molecular weight excluding hydrogens is 472 g/mol. The minimum Gasteiger partial charge on any atom is -0.497 e. The molecule has 1 saturated carbocycles. The summed E-state index contributed by atoms with van der Waals surface area (Å²) >= 11 is 0. The predicted octanol–water partition coefficient (Wildman–Crippen LogP) is 3.21. The molecule has 37 heavy (non-hydrogen) atoms. The monoisotopic (exact) mass is 498 g/mol. The quantitative estimate of drug-likeness (QED) is 0.371. The standard InChI is InChI=1S/C27H26N6O4/c1-36-17-7-8-20-19(10-17)27(26(35)29-20)11-23(27)33-21-6-4-3-5-18(21)24(31-33)30-25-22(37-2)9-15(12-28-25)32-13-16(34)14-32/h3-10,12,16,23,34H,11,13-14H2,1-2H3,(H,29,35)(H,28,30,31)/t23-,27+/m0/s1. The first-order valence-corrected chi connectivity index (χ1v) is 12.2. The van der Waals surface area contributed by atoms with Crippen LogP contribution in [-0.2, 0) is 10.2 Å². The zero-order chi connectivity index (χ0) is 25.3. The number of aliphatic hydroxyl groups is 1. The van der Waals surface area contributed by atoms with Crippen LogP contribution < -0.4 is 25.0 Å². The third kappa shape index (κ3) is 3.18. The van der Waals surface area contributed by atoms with Crippen molar-refractivity contribution >= 4 is 39.8 Å². The van der Waals surface area contributed by atoms with Gasteiger partial charge in [0.1, 0.15) is 11.2 Å². The molecule has 2 fully saturated rings. The van der Waals surface area contributed by atoms with Gasteiger partial charge in [-0.3, -0.25) is 9.48 Å². The van der Waals surface area contributed by atoms with E-state index in [9.17, 15) is 9.90 Å². The van der Waals surface area contributed by atoms with E-state index >= 15 is 0 Å². The molecule has 0 bridgehead atoms. The maximum atomic E-state index is 13.2. The van der Waals surface area contributed by atoms with Crippen LogP contribution in [0, 0.1) is 0 Å². The summed E-state index contributed by atoms with van der Waals surface area (Å²) in [7, 11) is 3.23. The van der Waals surface area contributed by atoms with Crippen molar-refractivity contribution < 1.29 is 19.4 Å². The number of ether oxygens (including phenoxy) is 2. The second-order valence-corrected chi connectivity index (χ2v) is 9.80. The lowest BCUT2D eigenvalue weighted by Gasteiger charge is -2.37. The Morgan fingerprint density at radius 2 is 1.95 bits per heavy atom. The number of anilines is 4. The molecule has 1 aliphatic carbocycles. The van der Waals surface area contributed by atoms with E-state index in [1.54, 1.807) is 20.4 Å². The third-order valence-corrected chi connectivity index (χ3v) is 7.72. The number of hydrogen-bond acceptors (Lipinski definition) is 8. The van der Waals surface area contributed by atoms with Crippen LogP contribution in [0.2, 0.25) is 0 Å². The zero-order valence-corrected chi connectivity index (χ0v) is 20.4. The van der Waals surface area contributed by atoms with Gasteiger partial charge in [0.2, 0.25) is 5.91 Å². The van der Waals surface area contributed by atoms with Gasteiger partial charge in [0.25, 0.3) is 0 Å². The molecule has 4 aromatic rings. The number of nitrogens with zero attached hydrogens (tertiary/aromatic N) is 4. The van der Waals surface area contributed by atoms with Crippen LogP contribution in [0.25, 0.3) is 10.9 Å². The number of β-amino-alcohol motifs (C(OH)–C–C–N with tert-alkyl or cyclic N) is 1. The Kier molecular flexibility index (Phi) is 4.65. The van der Waals surface area contributed by atoms with Gasteiger partial charge in [-0.1, -0.05) is 12.1 Å². The van der Waals surface area contributed by atoms with E-state index in [1.165, 1.54) is 0 Å². The van der Waals surface area contributed by atoms with Crippen molar-refractivity contribution in [3.8, 4) is 11.5 Å². The van der Waals surface area contributed by atoms with Gasteiger partial charge in [-0.05, 0) is 42.3 Å². The number of benzene rings is 2. The molecule has 1 spiro atoms. The maximum Gasteiger partial charge on any atom is 0.237 e. The minimum absolute atomic E-state index is 0.00937. The molecule has 4 heterocycles. The van der Waals surface area contributed by atoms with E-state index in [1.807, 2.05) is 58.1 Å². The predicted molar refractivity (Wildman–Crippen MR) is 139 cm³/mol. The molecule has 10 heteroatoms. The van der Waals surface area contributed by atoms with Crippen molar-refractivity contribution in [2.24, 2.45) is 0 Å². The van der Waals surface area contributed by atoms with Gasteiger partial charge in [-0.25, -0.2) is 4.98 Å². The number of nitrogens with one attached hydrogen (secondary N) is 2. The highest BCUT2D eigenvalue weighted by molar-refractivity contribution is 6.09. The van der Waals surface area contributed by atoms with Crippen molar-refractivity contribution in [2.75, 3.05) is 42.8 Å². The molecule has 10 nitrogen and oxygen atoms in total. The molecule has 2 aliphatic heterocycles. The smallest absolute Gasteiger partial charge is 0.237 e. The van der Waals surface area contributed by atoms with Gasteiger partial charge in [0.05, 0.1) is 43.8 Å². The maximum absolute atomic E-state index is 13.2. The van der Waals surface area contributed by atoms with Crippen LogP contribution in [0.4, 0.5) is 23.0 Å². The molecule has 7 rings (SSSR count). The first-order chi connectivity index (χ1) is 18.0. The molecule has 0 unspecified atom stereocenters. The van der Waals surface area contributed by atoms with Crippen LogP contribution in [0.1, 0.15) is 18.0 Å². The fourth-order valence-electron chi connectivity index (χ4n) is 5.61. The Balaban J connectivity index is 1.25. The Labute approximate surface area is 212 Å². The van der Waals surface area contributed by atoms with Gasteiger partial charge in [-0.15, -0.1) is 0 Å². The summed E-state index contributed by atoms with van der Waals surface area (Å²) < 4.78 is 13.0. The molecule has 2 aromatic heterocycles. The number of carbonyl (C=O) groups excluding carboxylic acids is 1. The molecule has 3 aliphatic rings. The van der Waals surface area contributed by atoms with Crippen LogP contribution >= 0.6 is 0 Å². The number of aliphatic hydroxyl groups excluding tert-OH is 1. The highest BCUT2D eigenvalue weighted by Gasteiger charge is 2.66. The Morgan fingerprint density at radius 1 is 1.11 bits per heavy atom. The normalized spacial score (nSPS) is 22.1. The Hall–Kier alpha value is -4.31. The van der Waals surface area contributed by atoms with Crippen LogP contribution in [-0.4, -0.2) is 59.2 Å². The molecule has 0 radical (unpaired) electrons. The van der Waals surface area contributed by atoms with E-state index in [4.69, 9.17) is 14.6 Å². The first kappa shape index (κ1) is 21.9. The third-order valence-electron chi connectivity index (χ3n) is 7.72. The largest absolute Gasteiger partial charge is 0.497 e. The number of methoxy groups -OCH3 is 2. The zero-order valence-electron chi connectivity index (χ0n) is 20.4. The minimum atomic E-state index is -0.671. The second kappa shape index (κ2) is 7.84. The lowest BCUT2D eigenvalue weighted by Crippen LogP contribution is -2.50. The fourth-order valence-corrected chi connectivity index (χ4v) is 5.61. The van der Waals surface area contributed by atoms with Crippen molar-refractivity contribution in [1.82, 2.24) is 14.8 Å². The SMILES string of the molecule is COc1ccc2c(c1)[C@@]1(C[C@@H]1n1nc(Nc3ncc(N4CC(O)C4)cc3OC)c3ccccc31)C(=O)N2. The highest BCUT2D eigenvalue weighted by atomic mass is 16.5. The first-order valence-electron chi connectivity index (χ1n) is 12.2. The molecule has 2 aromatic carbocycles. The number of aromatic nitrogens is 3. The topological polar surface area (TPSA) is 114 Å². The fraction of sp³-hybridized carbons (Fsp3) is 0.296. The van der Waals surface area contributed by atoms with Gasteiger partial charge >= 0.3 is 0 Å². The molecule has 1 amide bonds. The van der Waals surface area contributed by atoms with E-state index in [2.05, 4.69) is 15.6 Å². The summed E-state index contributed by atoms with van der Waals surface area (Å²) in [5, 5.41) is 21.9. The van der Waals surface area contributed by atoms with Gasteiger partial charge < -0.3 is 30.1 Å². The number of carbonyl (C=O) groups is 1. The summed E-state index contributed by atoms with van der Waals surface area (Å²) in [5.41, 5.74) is 2.93. The number of fused-ring (bicyclic) bond motifs is 3. The van der Waals surface area contributed by atoms with Crippen LogP contribution in [0.5, 0.6) is 11.5 Å². The van der Waals surface area contributed by atoms with Crippen LogP contribution in [0.15, 0.2) is 54.7 Å². The molecule has 188 valence electrons. The van der Waals surface area contributed by atoms with E-state index in [0.717, 1.165) is 33.6 Å². The Bertz CT molecular complexity index is 1560. The average Bonchev–Trinajstić information content (AvgIpc) is 3.47. The summed E-state index contributed by atoms with van der Waals surface area (Å²) in [6, 6.07) is 15.4. The number of pyridine rings is 1. The number of hydrogen-bond donors (Lipinski definition) is 3. The second-order valence-electron chi connectivity index (χ2n) is 9.80. The molecule has 2 atom stereocenters. The lowest BCUT2D eigenvalue weighted by molar-refractivity contribution is -0.118. The summed E-state index contributed by atoms with van der Waals surface area (Å²) in [6.07, 6.45) is 2.11. The summed E-state index contributed by atoms with van der Waals surface area (Å²) in [6.45, 7) is 1.16. The van der Waals surface area contributed by atoms with Gasteiger partial charge in [0.15, 0.2) is 17.4 Å². The van der Waals surface area contributed by atoms with Crippen molar-refractivity contribution in [2.45, 2.75) is 24.0 Å². The summed E-state index contributed by atoms with van der Waals surface area (Å²) in [4.78, 5) is 19.8. The summed E-state index contributed by atoms with van der Waals surface area (Å²) in [5.74, 6) is 2.48. The Morgan fingerprint density at radius 3 is 2.73 bits per heavy atom. The average molecular weight is 499 g/mol. The highest BCUT2D eigenvalue weighted by Crippen LogP contribution is 2.63. The number of amides is 1. The molecule has 3 N–H and O–H groups in total. The number of rotatable bonds is 6. The van der Waals surface area contributed by atoms with E-state index < -0.39 is 5.41 Å². The van der Waals surface area contributed by atoms with E-state index in [0.29, 0.717) is 36.9 Å². The molecular formula is C27H26N6O4. The lowest BCUT2D eigenvalue weighted by atomic mass is 9.96. The van der Waals surface area contributed by atoms with Crippen molar-refractivity contribution in [3.63, 3.8) is 0 Å². The van der Waals surface area contributed by atoms with Crippen molar-refractivity contribution in [3.05, 3.63) is 60.3 Å².